The number of rotatable bonds is 5. The van der Waals surface area contributed by atoms with Crippen molar-refractivity contribution >= 4 is 9.84 Å². The van der Waals surface area contributed by atoms with E-state index in [2.05, 4.69) is 12.2 Å². The Bertz CT molecular complexity index is 525. The van der Waals surface area contributed by atoms with E-state index in [-0.39, 0.29) is 11.0 Å². The second kappa shape index (κ2) is 6.06. The first-order valence-corrected chi connectivity index (χ1v) is 8.73. The number of nitrogens with one attached hydrogen (secondary N) is 1. The van der Waals surface area contributed by atoms with Crippen LogP contribution >= 0.6 is 0 Å². The molecule has 3 nitrogen and oxygen atoms in total. The number of hydrogen-bond donors (Lipinski definition) is 1. The van der Waals surface area contributed by atoms with Crippen LogP contribution in [-0.2, 0) is 15.6 Å². The Labute approximate surface area is 116 Å². The molecule has 106 valence electrons. The van der Waals surface area contributed by atoms with Gasteiger partial charge in [-0.15, -0.1) is 0 Å². The van der Waals surface area contributed by atoms with Crippen molar-refractivity contribution in [1.29, 1.82) is 0 Å². The number of sulfone groups is 1. The van der Waals surface area contributed by atoms with Gasteiger partial charge in [0.2, 0.25) is 0 Å². The molecule has 1 aliphatic carbocycles. The Morgan fingerprint density at radius 3 is 2.79 bits per heavy atom. The monoisotopic (exact) mass is 281 g/mol. The quantitative estimate of drug-likeness (QED) is 0.901. The summed E-state index contributed by atoms with van der Waals surface area (Å²) in [7, 11) is -3.02. The highest BCUT2D eigenvalue weighted by atomic mass is 32.2. The number of benzene rings is 1. The van der Waals surface area contributed by atoms with Crippen molar-refractivity contribution in [3.63, 3.8) is 0 Å². The highest BCUT2D eigenvalue weighted by molar-refractivity contribution is 7.91. The van der Waals surface area contributed by atoms with Crippen LogP contribution in [-0.4, -0.2) is 26.3 Å². The standard InChI is InChI=1S/C15H23NO2S/c1-3-16-14-7-8-15(10-14)19(17,18)11-13-6-4-5-12(2)9-13/h4-6,9,14-16H,3,7-8,10-11H2,1-2H3. The fourth-order valence-corrected chi connectivity index (χ4v) is 4.79. The molecule has 0 amide bonds. The molecule has 0 aliphatic heterocycles. The van der Waals surface area contributed by atoms with Gasteiger partial charge in [-0.1, -0.05) is 36.8 Å². The lowest BCUT2D eigenvalue weighted by atomic mass is 10.2. The molecule has 2 unspecified atom stereocenters. The van der Waals surface area contributed by atoms with Gasteiger partial charge >= 0.3 is 0 Å². The first kappa shape index (κ1) is 14.5. The fraction of sp³-hybridized carbons (Fsp3) is 0.600. The predicted molar refractivity (Wildman–Crippen MR) is 78.9 cm³/mol. The largest absolute Gasteiger partial charge is 0.314 e. The summed E-state index contributed by atoms with van der Waals surface area (Å²) in [5.74, 6) is 0.179. The van der Waals surface area contributed by atoms with E-state index in [4.69, 9.17) is 0 Å². The lowest BCUT2D eigenvalue weighted by Gasteiger charge is -2.13. The Kier molecular flexibility index (Phi) is 4.63. The van der Waals surface area contributed by atoms with E-state index in [0.29, 0.717) is 6.04 Å². The number of aryl methyl sites for hydroxylation is 1. The predicted octanol–water partition coefficient (Wildman–Crippen LogP) is 2.44. The van der Waals surface area contributed by atoms with Crippen LogP contribution in [0.1, 0.15) is 37.3 Å². The van der Waals surface area contributed by atoms with Crippen LogP contribution in [0.4, 0.5) is 0 Å². The molecule has 2 atom stereocenters. The summed E-state index contributed by atoms with van der Waals surface area (Å²) in [5, 5.41) is 3.19. The van der Waals surface area contributed by atoms with Gasteiger partial charge in [-0.2, -0.15) is 0 Å². The fourth-order valence-electron chi connectivity index (χ4n) is 2.89. The first-order valence-electron chi connectivity index (χ1n) is 7.01. The first-order chi connectivity index (χ1) is 9.01. The topological polar surface area (TPSA) is 46.2 Å². The Balaban J connectivity index is 2.03. The molecule has 1 aromatic carbocycles. The van der Waals surface area contributed by atoms with Crippen molar-refractivity contribution in [1.82, 2.24) is 5.32 Å². The zero-order valence-corrected chi connectivity index (χ0v) is 12.5. The molecule has 1 aromatic rings. The minimum absolute atomic E-state index is 0.169. The van der Waals surface area contributed by atoms with Gasteiger partial charge in [-0.05, 0) is 38.3 Å². The van der Waals surface area contributed by atoms with Crippen molar-refractivity contribution in [3.05, 3.63) is 35.4 Å². The van der Waals surface area contributed by atoms with Gasteiger partial charge in [0.05, 0.1) is 11.0 Å². The molecular formula is C15H23NO2S. The van der Waals surface area contributed by atoms with Gasteiger partial charge < -0.3 is 5.32 Å². The highest BCUT2D eigenvalue weighted by Crippen LogP contribution is 2.27. The average Bonchev–Trinajstić information content (AvgIpc) is 2.78. The van der Waals surface area contributed by atoms with E-state index < -0.39 is 9.84 Å². The average molecular weight is 281 g/mol. The molecule has 1 saturated carbocycles. The third kappa shape index (κ3) is 3.80. The van der Waals surface area contributed by atoms with Crippen LogP contribution in [0.15, 0.2) is 24.3 Å². The lowest BCUT2D eigenvalue weighted by molar-refractivity contribution is 0.537. The molecule has 0 saturated heterocycles. The van der Waals surface area contributed by atoms with Crippen LogP contribution < -0.4 is 5.32 Å². The van der Waals surface area contributed by atoms with Crippen molar-refractivity contribution in [2.75, 3.05) is 6.54 Å². The highest BCUT2D eigenvalue weighted by Gasteiger charge is 2.33. The summed E-state index contributed by atoms with van der Waals surface area (Å²) in [5.41, 5.74) is 2.02. The molecule has 2 rings (SSSR count). The summed E-state index contributed by atoms with van der Waals surface area (Å²) in [6.07, 6.45) is 2.54. The third-order valence-electron chi connectivity index (χ3n) is 3.84. The van der Waals surface area contributed by atoms with Crippen molar-refractivity contribution in [2.24, 2.45) is 0 Å². The van der Waals surface area contributed by atoms with E-state index in [1.165, 1.54) is 0 Å². The van der Waals surface area contributed by atoms with Crippen molar-refractivity contribution < 1.29 is 8.42 Å². The van der Waals surface area contributed by atoms with Crippen LogP contribution in [0.3, 0.4) is 0 Å². The van der Waals surface area contributed by atoms with Crippen LogP contribution in [0.5, 0.6) is 0 Å². The van der Waals surface area contributed by atoms with Crippen LogP contribution in [0, 0.1) is 6.92 Å². The van der Waals surface area contributed by atoms with E-state index in [1.54, 1.807) is 0 Å². The second-order valence-corrected chi connectivity index (χ2v) is 7.77. The van der Waals surface area contributed by atoms with Gasteiger partial charge in [0, 0.05) is 6.04 Å². The minimum atomic E-state index is -3.02. The van der Waals surface area contributed by atoms with E-state index in [1.807, 2.05) is 31.2 Å². The summed E-state index contributed by atoms with van der Waals surface area (Å²) < 4.78 is 24.9. The summed E-state index contributed by atoms with van der Waals surface area (Å²) in [6, 6.07) is 8.17. The minimum Gasteiger partial charge on any atom is -0.314 e. The number of hydrogen-bond acceptors (Lipinski definition) is 3. The maximum atomic E-state index is 12.4. The smallest absolute Gasteiger partial charge is 0.157 e. The van der Waals surface area contributed by atoms with Crippen molar-refractivity contribution in [3.8, 4) is 0 Å². The van der Waals surface area contributed by atoms with Gasteiger partial charge in [0.15, 0.2) is 9.84 Å². The van der Waals surface area contributed by atoms with Crippen molar-refractivity contribution in [2.45, 2.75) is 50.2 Å². The maximum absolute atomic E-state index is 12.4. The molecule has 1 aliphatic rings. The molecule has 0 heterocycles. The zero-order valence-electron chi connectivity index (χ0n) is 11.7. The molecular weight excluding hydrogens is 258 g/mol. The molecule has 0 aromatic heterocycles. The molecule has 0 spiro atoms. The van der Waals surface area contributed by atoms with E-state index in [9.17, 15) is 8.42 Å². The molecule has 19 heavy (non-hydrogen) atoms. The van der Waals surface area contributed by atoms with E-state index in [0.717, 1.165) is 36.9 Å². The summed E-state index contributed by atoms with van der Waals surface area (Å²) >= 11 is 0. The molecule has 1 fully saturated rings. The molecule has 4 heteroatoms. The van der Waals surface area contributed by atoms with Gasteiger partial charge in [-0.3, -0.25) is 0 Å². The SMILES string of the molecule is CCNC1CCC(S(=O)(=O)Cc2cccc(C)c2)C1. The lowest BCUT2D eigenvalue weighted by Crippen LogP contribution is -2.28. The Morgan fingerprint density at radius 2 is 2.11 bits per heavy atom. The second-order valence-electron chi connectivity index (χ2n) is 5.49. The molecule has 0 radical (unpaired) electrons. The molecule has 1 N–H and O–H groups in total. The third-order valence-corrected chi connectivity index (χ3v) is 6.02. The Morgan fingerprint density at radius 1 is 1.32 bits per heavy atom. The van der Waals surface area contributed by atoms with E-state index >= 15 is 0 Å². The van der Waals surface area contributed by atoms with Gasteiger partial charge in [-0.25, -0.2) is 8.42 Å². The normalized spacial score (nSPS) is 23.7. The summed E-state index contributed by atoms with van der Waals surface area (Å²) in [6.45, 7) is 4.97. The maximum Gasteiger partial charge on any atom is 0.157 e. The van der Waals surface area contributed by atoms with Gasteiger partial charge in [0.1, 0.15) is 0 Å². The zero-order chi connectivity index (χ0) is 13.9. The van der Waals surface area contributed by atoms with Crippen LogP contribution in [0.2, 0.25) is 0 Å². The summed E-state index contributed by atoms with van der Waals surface area (Å²) in [4.78, 5) is 0. The van der Waals surface area contributed by atoms with Crippen LogP contribution in [0.25, 0.3) is 0 Å². The van der Waals surface area contributed by atoms with Gasteiger partial charge in [0.25, 0.3) is 0 Å². The molecule has 0 bridgehead atoms. The Hall–Kier alpha value is -0.870.